The molecule has 2 heterocycles. The molecule has 4 rings (SSSR count). The lowest BCUT2D eigenvalue weighted by Crippen LogP contribution is -2.45. The molecule has 1 N–H and O–H groups in total. The van der Waals surface area contributed by atoms with Gasteiger partial charge >= 0.3 is 12.6 Å². The van der Waals surface area contributed by atoms with Crippen molar-refractivity contribution in [3.05, 3.63) is 59.1 Å². The summed E-state index contributed by atoms with van der Waals surface area (Å²) in [6.45, 7) is 0.962. The van der Waals surface area contributed by atoms with Crippen LogP contribution in [0.4, 0.5) is 13.6 Å². The summed E-state index contributed by atoms with van der Waals surface area (Å²) in [4.78, 5) is 33.7. The van der Waals surface area contributed by atoms with E-state index in [1.54, 1.807) is 30.4 Å². The van der Waals surface area contributed by atoms with E-state index in [9.17, 15) is 18.4 Å². The minimum atomic E-state index is -2.88. The number of thiazole rings is 1. The molecule has 1 aromatic heterocycles. The molecule has 34 heavy (non-hydrogen) atoms. The average Bonchev–Trinajstić information content (AvgIpc) is 3.32. The van der Waals surface area contributed by atoms with Gasteiger partial charge in [0.1, 0.15) is 16.3 Å². The Morgan fingerprint density at radius 1 is 1.18 bits per heavy atom. The maximum atomic E-state index is 13.2. The lowest BCUT2D eigenvalue weighted by molar-refractivity contribution is -0.132. The second kappa shape index (κ2) is 9.63. The number of nitrogens with one attached hydrogen (secondary N) is 1. The number of rotatable bonds is 9. The van der Waals surface area contributed by atoms with Crippen LogP contribution in [-0.2, 0) is 11.2 Å². The number of urea groups is 1. The van der Waals surface area contributed by atoms with E-state index >= 15 is 0 Å². The van der Waals surface area contributed by atoms with Crippen LogP contribution >= 0.6 is 11.3 Å². The number of benzene rings is 2. The molecule has 1 aliphatic rings. The monoisotopic (exact) mass is 488 g/mol. The summed E-state index contributed by atoms with van der Waals surface area (Å²) in [6, 6.07) is 13.7. The number of carbonyl (C=O) groups excluding carboxylic acids is 2. The molecule has 0 aliphatic carbocycles. The van der Waals surface area contributed by atoms with Gasteiger partial charge in [-0.05, 0) is 63.6 Å². The van der Waals surface area contributed by atoms with Crippen molar-refractivity contribution in [3.8, 4) is 5.75 Å². The number of halogens is 2. The van der Waals surface area contributed by atoms with E-state index < -0.39 is 18.2 Å². The van der Waals surface area contributed by atoms with Gasteiger partial charge < -0.3 is 10.1 Å². The van der Waals surface area contributed by atoms with Crippen molar-refractivity contribution in [2.45, 2.75) is 44.9 Å². The molecule has 0 radical (unpaired) electrons. The normalized spacial score (nSPS) is 19.3. The molecule has 10 heteroatoms. The van der Waals surface area contributed by atoms with Gasteiger partial charge in [0, 0.05) is 0 Å². The van der Waals surface area contributed by atoms with Crippen molar-refractivity contribution >= 4 is 33.5 Å². The van der Waals surface area contributed by atoms with Gasteiger partial charge in [0.15, 0.2) is 0 Å². The lowest BCUT2D eigenvalue weighted by Gasteiger charge is -2.27. The van der Waals surface area contributed by atoms with Gasteiger partial charge in [-0.3, -0.25) is 9.69 Å². The largest absolute Gasteiger partial charge is 0.435 e. The molecule has 1 saturated heterocycles. The van der Waals surface area contributed by atoms with E-state index in [4.69, 9.17) is 0 Å². The number of hydrogen-bond acceptors (Lipinski definition) is 6. The Morgan fingerprint density at radius 2 is 1.88 bits per heavy atom. The third-order valence-corrected chi connectivity index (χ3v) is 7.31. The van der Waals surface area contributed by atoms with Crippen LogP contribution in [0, 0.1) is 0 Å². The highest BCUT2D eigenvalue weighted by molar-refractivity contribution is 7.18. The van der Waals surface area contributed by atoms with Gasteiger partial charge in [-0.1, -0.05) is 24.3 Å². The lowest BCUT2D eigenvalue weighted by atomic mass is 9.93. The van der Waals surface area contributed by atoms with E-state index in [-0.39, 0.29) is 24.4 Å². The fourth-order valence-corrected chi connectivity index (χ4v) is 4.96. The van der Waals surface area contributed by atoms with Crippen molar-refractivity contribution in [2.24, 2.45) is 0 Å². The van der Waals surface area contributed by atoms with Crippen LogP contribution in [0.15, 0.2) is 48.5 Å². The SMILES string of the molecule is CC(c1nc2ccccc2s1)N(C)CN1C(=O)NC(C)(CCc2ccc(OC(F)F)cc2)C1=O. The first-order valence-electron chi connectivity index (χ1n) is 10.9. The number of amides is 3. The molecule has 2 atom stereocenters. The zero-order valence-corrected chi connectivity index (χ0v) is 19.9. The fraction of sp³-hybridized carbons (Fsp3) is 0.375. The fourth-order valence-electron chi connectivity index (χ4n) is 3.88. The highest BCUT2D eigenvalue weighted by atomic mass is 32.1. The Balaban J connectivity index is 1.38. The Hall–Kier alpha value is -3.11. The zero-order chi connectivity index (χ0) is 24.5. The van der Waals surface area contributed by atoms with Gasteiger partial charge in [0.05, 0.1) is 22.9 Å². The summed E-state index contributed by atoms with van der Waals surface area (Å²) in [5, 5.41) is 3.73. The molecule has 2 aromatic carbocycles. The van der Waals surface area contributed by atoms with Crippen LogP contribution in [0.3, 0.4) is 0 Å². The summed E-state index contributed by atoms with van der Waals surface area (Å²) in [7, 11) is 1.86. The third-order valence-electron chi connectivity index (χ3n) is 6.10. The number of carbonyl (C=O) groups is 2. The summed E-state index contributed by atoms with van der Waals surface area (Å²) in [5.41, 5.74) is 0.735. The molecule has 7 nitrogen and oxygen atoms in total. The first-order chi connectivity index (χ1) is 16.2. The molecule has 3 amide bonds. The second-order valence-corrected chi connectivity index (χ2v) is 9.67. The van der Waals surface area contributed by atoms with Gasteiger partial charge in [0.25, 0.3) is 5.91 Å². The number of ether oxygens (including phenoxy) is 1. The molecule has 0 bridgehead atoms. The molecular formula is C24H26F2N4O3S. The van der Waals surface area contributed by atoms with Crippen molar-refractivity contribution < 1.29 is 23.1 Å². The summed E-state index contributed by atoms with van der Waals surface area (Å²) in [5.74, 6) is -0.217. The summed E-state index contributed by atoms with van der Waals surface area (Å²) >= 11 is 1.60. The zero-order valence-electron chi connectivity index (χ0n) is 19.1. The number of aryl methyl sites for hydroxylation is 1. The van der Waals surface area contributed by atoms with Crippen molar-refractivity contribution in [3.63, 3.8) is 0 Å². The summed E-state index contributed by atoms with van der Waals surface area (Å²) in [6.07, 6.45) is 0.865. The van der Waals surface area contributed by atoms with Crippen LogP contribution in [0.2, 0.25) is 0 Å². The first kappa shape index (κ1) is 24.0. The van der Waals surface area contributed by atoms with Gasteiger partial charge in [-0.2, -0.15) is 8.78 Å². The quantitative estimate of drug-likeness (QED) is 0.439. The third kappa shape index (κ3) is 5.02. The minimum Gasteiger partial charge on any atom is -0.435 e. The molecule has 180 valence electrons. The van der Waals surface area contributed by atoms with E-state index in [2.05, 4.69) is 15.0 Å². The van der Waals surface area contributed by atoms with Crippen LogP contribution in [0.1, 0.15) is 36.9 Å². The van der Waals surface area contributed by atoms with Crippen LogP contribution in [0.5, 0.6) is 5.75 Å². The number of fused-ring (bicyclic) bond motifs is 1. The maximum absolute atomic E-state index is 13.2. The highest BCUT2D eigenvalue weighted by Crippen LogP contribution is 2.30. The predicted octanol–water partition coefficient (Wildman–Crippen LogP) is 4.79. The number of alkyl halides is 2. The highest BCUT2D eigenvalue weighted by Gasteiger charge is 2.47. The predicted molar refractivity (Wildman–Crippen MR) is 126 cm³/mol. The van der Waals surface area contributed by atoms with Gasteiger partial charge in [-0.15, -0.1) is 11.3 Å². The number of para-hydroxylation sites is 1. The van der Waals surface area contributed by atoms with Crippen molar-refractivity contribution in [2.75, 3.05) is 13.7 Å². The van der Waals surface area contributed by atoms with Crippen LogP contribution in [-0.4, -0.2) is 52.6 Å². The molecule has 0 spiro atoms. The van der Waals surface area contributed by atoms with Crippen LogP contribution in [0.25, 0.3) is 10.2 Å². The van der Waals surface area contributed by atoms with Crippen molar-refractivity contribution in [1.82, 2.24) is 20.1 Å². The smallest absolute Gasteiger partial charge is 0.387 e. The Kier molecular flexibility index (Phi) is 6.81. The van der Waals surface area contributed by atoms with E-state index in [1.165, 1.54) is 17.0 Å². The molecule has 0 saturated carbocycles. The van der Waals surface area contributed by atoms with Crippen molar-refractivity contribution in [1.29, 1.82) is 0 Å². The molecule has 1 aliphatic heterocycles. The molecule has 2 unspecified atom stereocenters. The number of nitrogens with zero attached hydrogens (tertiary/aromatic N) is 3. The maximum Gasteiger partial charge on any atom is 0.387 e. The number of aromatic nitrogens is 1. The van der Waals surface area contributed by atoms with Gasteiger partial charge in [0.2, 0.25) is 0 Å². The molecule has 1 fully saturated rings. The van der Waals surface area contributed by atoms with E-state index in [0.29, 0.717) is 12.8 Å². The topological polar surface area (TPSA) is 74.8 Å². The standard InChI is InChI=1S/C24H26F2N4O3S/c1-15(20-27-18-6-4-5-7-19(18)34-20)29(3)14-30-21(31)24(2,28-23(30)32)13-12-16-8-10-17(11-9-16)33-22(25)26/h4-11,15,22H,12-14H2,1-3H3,(H,28,32). The van der Waals surface area contributed by atoms with E-state index in [0.717, 1.165) is 20.8 Å². The molecular weight excluding hydrogens is 462 g/mol. The van der Waals surface area contributed by atoms with E-state index in [1.807, 2.05) is 43.1 Å². The second-order valence-electron chi connectivity index (χ2n) is 8.61. The Bertz CT molecular complexity index is 1150. The van der Waals surface area contributed by atoms with Crippen LogP contribution < -0.4 is 10.1 Å². The molecule has 3 aromatic rings. The minimum absolute atomic E-state index is 0.0756. The number of hydrogen-bond donors (Lipinski definition) is 1. The first-order valence-corrected chi connectivity index (χ1v) is 11.7. The van der Waals surface area contributed by atoms with Gasteiger partial charge in [-0.25, -0.2) is 14.7 Å². The Labute approximate surface area is 200 Å². The average molecular weight is 489 g/mol. The summed E-state index contributed by atoms with van der Waals surface area (Å²) < 4.78 is 30.1. The Morgan fingerprint density at radius 3 is 2.56 bits per heavy atom. The number of imide groups is 1.